The zero-order chi connectivity index (χ0) is 14.5. The lowest BCUT2D eigenvalue weighted by Gasteiger charge is -2.28. The van der Waals surface area contributed by atoms with Gasteiger partial charge < -0.3 is 20.5 Å². The Hall–Kier alpha value is -2.01. The lowest BCUT2D eigenvalue weighted by Crippen LogP contribution is -2.28. The molecule has 1 aliphatic heterocycles. The van der Waals surface area contributed by atoms with E-state index < -0.39 is 5.60 Å². The molecule has 0 bridgehead atoms. The maximum Gasteiger partial charge on any atom is 0.143 e. The molecule has 0 atom stereocenters. The van der Waals surface area contributed by atoms with Gasteiger partial charge in [-0.15, -0.1) is 0 Å². The van der Waals surface area contributed by atoms with Crippen molar-refractivity contribution in [2.75, 3.05) is 30.8 Å². The van der Waals surface area contributed by atoms with Crippen LogP contribution in [0, 0.1) is 0 Å². The molecular formula is C15H19N3O2. The van der Waals surface area contributed by atoms with Crippen molar-refractivity contribution in [2.45, 2.75) is 19.4 Å². The van der Waals surface area contributed by atoms with E-state index in [0.717, 1.165) is 28.9 Å². The summed E-state index contributed by atoms with van der Waals surface area (Å²) in [5.41, 5.74) is 7.77. The van der Waals surface area contributed by atoms with Crippen LogP contribution >= 0.6 is 0 Å². The van der Waals surface area contributed by atoms with Gasteiger partial charge in [-0.05, 0) is 32.0 Å². The summed E-state index contributed by atoms with van der Waals surface area (Å²) in [4.78, 5) is 6.67. The SMILES string of the molecule is CN1CCOc2cc3cc(N)c(C(C)(C)O)nc3cc21. The Balaban J connectivity index is 2.24. The molecule has 0 saturated heterocycles. The van der Waals surface area contributed by atoms with Gasteiger partial charge in [0.25, 0.3) is 0 Å². The predicted molar refractivity (Wildman–Crippen MR) is 80.2 cm³/mol. The molecule has 3 rings (SSSR count). The highest BCUT2D eigenvalue weighted by atomic mass is 16.5. The fraction of sp³-hybridized carbons (Fsp3) is 0.400. The van der Waals surface area contributed by atoms with Crippen molar-refractivity contribution in [3.05, 3.63) is 23.9 Å². The van der Waals surface area contributed by atoms with E-state index in [2.05, 4.69) is 9.88 Å². The van der Waals surface area contributed by atoms with Crippen LogP contribution in [-0.2, 0) is 5.60 Å². The molecule has 0 aliphatic carbocycles. The summed E-state index contributed by atoms with van der Waals surface area (Å²) < 4.78 is 5.68. The van der Waals surface area contributed by atoms with Crippen LogP contribution in [0.15, 0.2) is 18.2 Å². The fourth-order valence-corrected chi connectivity index (χ4v) is 2.52. The minimum atomic E-state index is -1.06. The number of benzene rings is 1. The lowest BCUT2D eigenvalue weighted by atomic mass is 10.0. The molecule has 2 aromatic rings. The largest absolute Gasteiger partial charge is 0.490 e. The molecule has 20 heavy (non-hydrogen) atoms. The number of nitrogen functional groups attached to an aromatic ring is 1. The van der Waals surface area contributed by atoms with Gasteiger partial charge in [0.05, 0.1) is 29.1 Å². The summed E-state index contributed by atoms with van der Waals surface area (Å²) in [6.45, 7) is 4.90. The van der Waals surface area contributed by atoms with Crippen LogP contribution in [0.25, 0.3) is 10.9 Å². The van der Waals surface area contributed by atoms with E-state index in [0.29, 0.717) is 18.0 Å². The molecule has 5 heteroatoms. The third-order valence-electron chi connectivity index (χ3n) is 3.60. The van der Waals surface area contributed by atoms with E-state index in [4.69, 9.17) is 10.5 Å². The van der Waals surface area contributed by atoms with Gasteiger partial charge >= 0.3 is 0 Å². The number of nitrogens with two attached hydrogens (primary N) is 1. The normalized spacial score (nSPS) is 15.1. The lowest BCUT2D eigenvalue weighted by molar-refractivity contribution is 0.0751. The minimum Gasteiger partial charge on any atom is -0.490 e. The second-order valence-corrected chi connectivity index (χ2v) is 5.77. The van der Waals surface area contributed by atoms with E-state index in [-0.39, 0.29) is 0 Å². The van der Waals surface area contributed by atoms with E-state index in [1.807, 2.05) is 25.2 Å². The summed E-state index contributed by atoms with van der Waals surface area (Å²) in [5, 5.41) is 11.1. The molecule has 106 valence electrons. The third kappa shape index (κ3) is 2.04. The zero-order valence-electron chi connectivity index (χ0n) is 12.0. The second kappa shape index (κ2) is 4.24. The number of hydrogen-bond donors (Lipinski definition) is 2. The van der Waals surface area contributed by atoms with Crippen LogP contribution in [0.4, 0.5) is 11.4 Å². The Morgan fingerprint density at radius 1 is 1.35 bits per heavy atom. The first-order chi connectivity index (χ1) is 9.36. The van der Waals surface area contributed by atoms with Crippen LogP contribution in [-0.4, -0.2) is 30.3 Å². The van der Waals surface area contributed by atoms with E-state index in [1.165, 1.54) is 0 Å². The summed E-state index contributed by atoms with van der Waals surface area (Å²) in [5.74, 6) is 0.850. The number of pyridine rings is 1. The van der Waals surface area contributed by atoms with Crippen molar-refractivity contribution < 1.29 is 9.84 Å². The smallest absolute Gasteiger partial charge is 0.143 e. The average Bonchev–Trinajstić information content (AvgIpc) is 2.35. The van der Waals surface area contributed by atoms with Crippen molar-refractivity contribution in [3.63, 3.8) is 0 Å². The van der Waals surface area contributed by atoms with E-state index >= 15 is 0 Å². The summed E-state index contributed by atoms with van der Waals surface area (Å²) in [6, 6.07) is 5.78. The molecule has 5 nitrogen and oxygen atoms in total. The summed E-state index contributed by atoms with van der Waals surface area (Å²) >= 11 is 0. The first-order valence-electron chi connectivity index (χ1n) is 6.67. The highest BCUT2D eigenvalue weighted by Crippen LogP contribution is 2.36. The molecule has 0 amide bonds. The van der Waals surface area contributed by atoms with Gasteiger partial charge in [-0.2, -0.15) is 0 Å². The molecular weight excluding hydrogens is 254 g/mol. The number of rotatable bonds is 1. The van der Waals surface area contributed by atoms with Gasteiger partial charge in [-0.1, -0.05) is 0 Å². The first-order valence-corrected chi connectivity index (χ1v) is 6.67. The van der Waals surface area contributed by atoms with Gasteiger partial charge in [-0.3, -0.25) is 0 Å². The highest BCUT2D eigenvalue weighted by molar-refractivity contribution is 5.88. The van der Waals surface area contributed by atoms with Gasteiger partial charge in [0.15, 0.2) is 0 Å². The molecule has 0 unspecified atom stereocenters. The highest BCUT2D eigenvalue weighted by Gasteiger charge is 2.23. The number of ether oxygens (including phenoxy) is 1. The Morgan fingerprint density at radius 3 is 2.80 bits per heavy atom. The van der Waals surface area contributed by atoms with Gasteiger partial charge in [0, 0.05) is 12.4 Å². The summed E-state index contributed by atoms with van der Waals surface area (Å²) in [6.07, 6.45) is 0. The minimum absolute atomic E-state index is 0.495. The molecule has 0 saturated carbocycles. The monoisotopic (exact) mass is 273 g/mol. The van der Waals surface area contributed by atoms with Crippen LogP contribution in [0.2, 0.25) is 0 Å². The third-order valence-corrected chi connectivity index (χ3v) is 3.60. The van der Waals surface area contributed by atoms with Crippen LogP contribution < -0.4 is 15.4 Å². The van der Waals surface area contributed by atoms with Crippen LogP contribution in [0.3, 0.4) is 0 Å². The van der Waals surface area contributed by atoms with Gasteiger partial charge in [-0.25, -0.2) is 4.98 Å². The van der Waals surface area contributed by atoms with Crippen molar-refractivity contribution >= 4 is 22.3 Å². The Labute approximate surface area is 118 Å². The van der Waals surface area contributed by atoms with E-state index in [1.54, 1.807) is 13.8 Å². The zero-order valence-corrected chi connectivity index (χ0v) is 12.0. The number of nitrogens with zero attached hydrogens (tertiary/aromatic N) is 2. The topological polar surface area (TPSA) is 71.6 Å². The number of hydrogen-bond acceptors (Lipinski definition) is 5. The standard InChI is InChI=1S/C15H19N3O2/c1-15(2,19)14-10(16)6-9-7-13-12(8-11(9)17-14)18(3)4-5-20-13/h6-8,19H,4-5,16H2,1-3H3. The molecule has 1 aromatic carbocycles. The maximum atomic E-state index is 10.1. The number of aliphatic hydroxyl groups is 1. The van der Waals surface area contributed by atoms with Gasteiger partial charge in [0.1, 0.15) is 18.0 Å². The van der Waals surface area contributed by atoms with Gasteiger partial charge in [0.2, 0.25) is 0 Å². The van der Waals surface area contributed by atoms with Crippen molar-refractivity contribution in [2.24, 2.45) is 0 Å². The number of anilines is 2. The summed E-state index contributed by atoms with van der Waals surface area (Å²) in [7, 11) is 2.03. The number of aromatic nitrogens is 1. The second-order valence-electron chi connectivity index (χ2n) is 5.77. The predicted octanol–water partition coefficient (Wildman–Crippen LogP) is 1.87. The molecule has 2 heterocycles. The quantitative estimate of drug-likeness (QED) is 0.830. The molecule has 0 spiro atoms. The van der Waals surface area contributed by atoms with E-state index in [9.17, 15) is 5.11 Å². The fourth-order valence-electron chi connectivity index (χ4n) is 2.52. The number of fused-ring (bicyclic) bond motifs is 2. The number of likely N-dealkylation sites (N-methyl/N-ethyl adjacent to an activating group) is 1. The van der Waals surface area contributed by atoms with Crippen molar-refractivity contribution in [1.29, 1.82) is 0 Å². The molecule has 3 N–H and O–H groups in total. The Morgan fingerprint density at radius 2 is 2.10 bits per heavy atom. The van der Waals surface area contributed by atoms with Crippen molar-refractivity contribution in [3.8, 4) is 5.75 Å². The molecule has 0 fully saturated rings. The van der Waals surface area contributed by atoms with Crippen LogP contribution in [0.5, 0.6) is 5.75 Å². The molecule has 0 radical (unpaired) electrons. The van der Waals surface area contributed by atoms with Crippen LogP contribution in [0.1, 0.15) is 19.5 Å². The Kier molecular flexibility index (Phi) is 2.76. The Bertz CT molecular complexity index is 677. The first kappa shape index (κ1) is 13.0. The maximum absolute atomic E-state index is 10.1. The average molecular weight is 273 g/mol. The molecule has 1 aromatic heterocycles. The van der Waals surface area contributed by atoms with Crippen molar-refractivity contribution in [1.82, 2.24) is 4.98 Å². The molecule has 1 aliphatic rings.